The number of Topliss-reactive ketones (excluding diaryl/α,β-unsaturated/α-hetero) is 1. The summed E-state index contributed by atoms with van der Waals surface area (Å²) in [7, 11) is 3.19. The average Bonchev–Trinajstić information content (AvgIpc) is 2.93. The predicted molar refractivity (Wildman–Crippen MR) is 94.9 cm³/mol. The Balaban J connectivity index is 1.68. The lowest BCUT2D eigenvalue weighted by Crippen LogP contribution is -2.07. The maximum atomic E-state index is 12.4. The molecule has 0 saturated carbocycles. The van der Waals surface area contributed by atoms with E-state index in [-0.39, 0.29) is 5.78 Å². The summed E-state index contributed by atoms with van der Waals surface area (Å²) in [4.78, 5) is 12.4. The monoisotopic (exact) mass is 323 g/mol. The molecule has 1 aliphatic rings. The Morgan fingerprint density at radius 3 is 2.42 bits per heavy atom. The average molecular weight is 323 g/mol. The van der Waals surface area contributed by atoms with Gasteiger partial charge in [0.15, 0.2) is 11.5 Å². The van der Waals surface area contributed by atoms with E-state index >= 15 is 0 Å². The first kappa shape index (κ1) is 16.1. The molecule has 2 aromatic carbocycles. The number of ether oxygens (including phenoxy) is 2. The van der Waals surface area contributed by atoms with Gasteiger partial charge in [0.25, 0.3) is 0 Å². The maximum Gasteiger partial charge on any atom is 0.161 e. The molecule has 2 aromatic rings. The quantitative estimate of drug-likeness (QED) is 0.883. The molecule has 0 amide bonds. The maximum absolute atomic E-state index is 12.4. The fourth-order valence-electron chi connectivity index (χ4n) is 3.00. The molecule has 4 nitrogen and oxygen atoms in total. The van der Waals surface area contributed by atoms with Crippen LogP contribution < -0.4 is 14.8 Å². The van der Waals surface area contributed by atoms with Crippen molar-refractivity contribution in [2.24, 2.45) is 0 Å². The van der Waals surface area contributed by atoms with E-state index in [1.54, 1.807) is 14.2 Å². The number of nitrogens with one attached hydrogen (secondary N) is 1. The summed E-state index contributed by atoms with van der Waals surface area (Å²) >= 11 is 0. The molecule has 0 aliphatic carbocycles. The van der Waals surface area contributed by atoms with Gasteiger partial charge in [-0.2, -0.15) is 0 Å². The first-order valence-corrected chi connectivity index (χ1v) is 7.88. The lowest BCUT2D eigenvalue weighted by atomic mass is 10.00. The Labute approximate surface area is 142 Å². The summed E-state index contributed by atoms with van der Waals surface area (Å²) in [6.07, 6.45) is 1.63. The molecule has 0 spiro atoms. The second-order valence-corrected chi connectivity index (χ2v) is 5.98. The Morgan fingerprint density at radius 1 is 1.04 bits per heavy atom. The number of carbonyl (C=O) groups excluding carboxylic acids is 1. The van der Waals surface area contributed by atoms with Crippen molar-refractivity contribution in [3.63, 3.8) is 0 Å². The molecular weight excluding hydrogens is 302 g/mol. The standard InChI is InChI=1S/C20H21NO3/c1-13-8-16-9-14(4-6-18(16)21-13)10-17(22)11-15-5-7-19(23-2)20(12-15)24-3/h4-7,9,12,21H,1,8,10-11H2,2-3H3. The number of allylic oxidation sites excluding steroid dienone is 1. The second kappa shape index (κ2) is 6.79. The first-order chi connectivity index (χ1) is 11.6. The van der Waals surface area contributed by atoms with Crippen LogP contribution in [0.5, 0.6) is 11.5 Å². The molecule has 1 aliphatic heterocycles. The van der Waals surface area contributed by atoms with Crippen molar-refractivity contribution in [3.05, 3.63) is 65.4 Å². The van der Waals surface area contributed by atoms with Gasteiger partial charge in [-0.25, -0.2) is 0 Å². The number of anilines is 1. The van der Waals surface area contributed by atoms with Crippen molar-refractivity contribution < 1.29 is 14.3 Å². The minimum Gasteiger partial charge on any atom is -0.493 e. The normalized spacial score (nSPS) is 12.5. The zero-order valence-electron chi connectivity index (χ0n) is 14.0. The molecule has 0 saturated heterocycles. The van der Waals surface area contributed by atoms with Crippen molar-refractivity contribution in [2.45, 2.75) is 19.3 Å². The van der Waals surface area contributed by atoms with E-state index in [1.165, 1.54) is 5.56 Å². The van der Waals surface area contributed by atoms with Gasteiger partial charge in [-0.1, -0.05) is 24.8 Å². The van der Waals surface area contributed by atoms with Crippen LogP contribution >= 0.6 is 0 Å². The van der Waals surface area contributed by atoms with Crippen LogP contribution in [-0.2, 0) is 24.1 Å². The Morgan fingerprint density at radius 2 is 1.71 bits per heavy atom. The van der Waals surface area contributed by atoms with Gasteiger partial charge < -0.3 is 14.8 Å². The molecule has 124 valence electrons. The number of carbonyl (C=O) groups is 1. The molecule has 4 heteroatoms. The highest BCUT2D eigenvalue weighted by Crippen LogP contribution is 2.29. The second-order valence-electron chi connectivity index (χ2n) is 5.98. The Kier molecular flexibility index (Phi) is 4.56. The van der Waals surface area contributed by atoms with Crippen LogP contribution in [0.25, 0.3) is 0 Å². The van der Waals surface area contributed by atoms with Gasteiger partial charge in [0.1, 0.15) is 5.78 Å². The number of benzene rings is 2. The van der Waals surface area contributed by atoms with Crippen LogP contribution in [0.4, 0.5) is 5.69 Å². The topological polar surface area (TPSA) is 47.6 Å². The summed E-state index contributed by atoms with van der Waals surface area (Å²) in [5.74, 6) is 1.48. The summed E-state index contributed by atoms with van der Waals surface area (Å²) in [5, 5.41) is 3.24. The van der Waals surface area contributed by atoms with Gasteiger partial charge in [0.05, 0.1) is 14.2 Å². The van der Waals surface area contributed by atoms with Crippen molar-refractivity contribution >= 4 is 11.5 Å². The fourth-order valence-corrected chi connectivity index (χ4v) is 3.00. The van der Waals surface area contributed by atoms with E-state index in [1.807, 2.05) is 30.3 Å². The molecule has 1 N–H and O–H groups in total. The summed E-state index contributed by atoms with van der Waals surface area (Å²) in [6.45, 7) is 3.95. The third kappa shape index (κ3) is 3.43. The first-order valence-electron chi connectivity index (χ1n) is 7.88. The van der Waals surface area contributed by atoms with Crippen LogP contribution in [0, 0.1) is 0 Å². The third-order valence-corrected chi connectivity index (χ3v) is 4.14. The smallest absolute Gasteiger partial charge is 0.161 e. The third-order valence-electron chi connectivity index (χ3n) is 4.14. The van der Waals surface area contributed by atoms with E-state index in [0.717, 1.165) is 28.9 Å². The van der Waals surface area contributed by atoms with E-state index < -0.39 is 0 Å². The highest BCUT2D eigenvalue weighted by atomic mass is 16.5. The van der Waals surface area contributed by atoms with Gasteiger partial charge in [-0.05, 0) is 34.9 Å². The predicted octanol–water partition coefficient (Wildman–Crippen LogP) is 3.54. The zero-order chi connectivity index (χ0) is 17.1. The summed E-state index contributed by atoms with van der Waals surface area (Å²) in [6, 6.07) is 11.7. The highest BCUT2D eigenvalue weighted by molar-refractivity contribution is 5.83. The van der Waals surface area contributed by atoms with Gasteiger partial charge in [0.2, 0.25) is 0 Å². The zero-order valence-corrected chi connectivity index (χ0v) is 14.0. The molecule has 1 heterocycles. The Bertz CT molecular complexity index is 795. The molecule has 0 atom stereocenters. The molecule has 0 unspecified atom stereocenters. The minimum atomic E-state index is 0.173. The molecule has 0 bridgehead atoms. The summed E-state index contributed by atoms with van der Waals surface area (Å²) < 4.78 is 10.5. The lowest BCUT2D eigenvalue weighted by Gasteiger charge is -2.09. The van der Waals surface area contributed by atoms with Gasteiger partial charge in [-0.3, -0.25) is 4.79 Å². The van der Waals surface area contributed by atoms with Gasteiger partial charge in [-0.15, -0.1) is 0 Å². The van der Waals surface area contributed by atoms with E-state index in [9.17, 15) is 4.79 Å². The molecule has 24 heavy (non-hydrogen) atoms. The largest absolute Gasteiger partial charge is 0.493 e. The number of hydrogen-bond donors (Lipinski definition) is 1. The van der Waals surface area contributed by atoms with Crippen LogP contribution in [0.3, 0.4) is 0 Å². The van der Waals surface area contributed by atoms with Gasteiger partial charge in [0, 0.05) is 30.6 Å². The molecule has 3 rings (SSSR count). The van der Waals surface area contributed by atoms with Crippen LogP contribution in [-0.4, -0.2) is 20.0 Å². The van der Waals surface area contributed by atoms with Crippen molar-refractivity contribution in [1.82, 2.24) is 0 Å². The number of hydrogen-bond acceptors (Lipinski definition) is 4. The number of fused-ring (bicyclic) bond motifs is 1. The number of methoxy groups -OCH3 is 2. The van der Waals surface area contributed by atoms with Crippen molar-refractivity contribution in [1.29, 1.82) is 0 Å². The fraction of sp³-hybridized carbons (Fsp3) is 0.250. The van der Waals surface area contributed by atoms with Crippen molar-refractivity contribution in [2.75, 3.05) is 19.5 Å². The summed E-state index contributed by atoms with van der Waals surface area (Å²) in [5.41, 5.74) is 5.26. The van der Waals surface area contributed by atoms with Crippen LogP contribution in [0.2, 0.25) is 0 Å². The van der Waals surface area contributed by atoms with Crippen molar-refractivity contribution in [3.8, 4) is 11.5 Å². The molecule has 0 aromatic heterocycles. The minimum absolute atomic E-state index is 0.173. The molecule has 0 fully saturated rings. The number of ketones is 1. The molecule has 0 radical (unpaired) electrons. The SMILES string of the molecule is C=C1Cc2cc(CC(=O)Cc3ccc(OC)c(OC)c3)ccc2N1. The van der Waals surface area contributed by atoms with E-state index in [4.69, 9.17) is 9.47 Å². The Hall–Kier alpha value is -2.75. The van der Waals surface area contributed by atoms with E-state index in [2.05, 4.69) is 18.0 Å². The molecular formula is C20H21NO3. The lowest BCUT2D eigenvalue weighted by molar-refractivity contribution is -0.117. The highest BCUT2D eigenvalue weighted by Gasteiger charge is 2.15. The van der Waals surface area contributed by atoms with E-state index in [0.29, 0.717) is 24.3 Å². The van der Waals surface area contributed by atoms with Crippen LogP contribution in [0.1, 0.15) is 16.7 Å². The van der Waals surface area contributed by atoms with Gasteiger partial charge >= 0.3 is 0 Å². The number of rotatable bonds is 6. The van der Waals surface area contributed by atoms with Crippen LogP contribution in [0.15, 0.2) is 48.7 Å².